The molecule has 0 heterocycles. The van der Waals surface area contributed by atoms with Crippen molar-refractivity contribution in [3.8, 4) is 0 Å². The topological polar surface area (TPSA) is 9.23 Å². The number of allylic oxidation sites excluding steroid dienone is 1. The number of unbranched alkanes of at least 4 members (excludes halogenated alkanes) is 1. The van der Waals surface area contributed by atoms with Gasteiger partial charge in [-0.15, -0.1) is 13.2 Å². The molecular weight excluding hydrogens is 112 g/mol. The van der Waals surface area contributed by atoms with Crippen LogP contribution in [0.3, 0.4) is 0 Å². The molecule has 52 valence electrons. The molecule has 0 aromatic heterocycles. The molecule has 0 aliphatic heterocycles. The zero-order chi connectivity index (χ0) is 6.95. The third-order valence-corrected chi connectivity index (χ3v) is 0.933. The predicted octanol–water partition coefficient (Wildman–Crippen LogP) is 2.16. The van der Waals surface area contributed by atoms with Crippen LogP contribution in [0.25, 0.3) is 0 Å². The molecule has 0 aromatic carbocycles. The van der Waals surface area contributed by atoms with Crippen LogP contribution in [0.4, 0.5) is 0 Å². The van der Waals surface area contributed by atoms with Crippen molar-refractivity contribution in [1.82, 2.24) is 0 Å². The molecule has 0 N–H and O–H groups in total. The number of hydrogen-bond acceptors (Lipinski definition) is 1. The molecule has 0 amide bonds. The van der Waals surface area contributed by atoms with Gasteiger partial charge in [-0.2, -0.15) is 0 Å². The van der Waals surface area contributed by atoms with E-state index in [9.17, 15) is 0 Å². The maximum atomic E-state index is 5.12. The van der Waals surface area contributed by atoms with E-state index in [4.69, 9.17) is 4.74 Å². The van der Waals surface area contributed by atoms with Crippen LogP contribution in [0.2, 0.25) is 0 Å². The maximum Gasteiger partial charge on any atom is 0.0644 e. The van der Waals surface area contributed by atoms with E-state index in [1.165, 1.54) is 0 Å². The lowest BCUT2D eigenvalue weighted by Crippen LogP contribution is -1.92. The number of hydrogen-bond donors (Lipinski definition) is 0. The first-order valence-electron chi connectivity index (χ1n) is 3.21. The molecule has 0 aliphatic rings. The summed E-state index contributed by atoms with van der Waals surface area (Å²) in [5.74, 6) is 0. The summed E-state index contributed by atoms with van der Waals surface area (Å²) in [6.07, 6.45) is 5.76. The molecule has 0 saturated carbocycles. The molecule has 9 heavy (non-hydrogen) atoms. The van der Waals surface area contributed by atoms with Crippen molar-refractivity contribution in [3.63, 3.8) is 0 Å². The Morgan fingerprint density at radius 2 is 2.00 bits per heavy atom. The standard InChI is InChI=1S/C8H14O/c1-3-5-6-8-9-7-4-2/h3-4H,1-2,5-8H2. The molecule has 0 fully saturated rings. The summed E-state index contributed by atoms with van der Waals surface area (Å²) < 4.78 is 5.12. The zero-order valence-electron chi connectivity index (χ0n) is 5.81. The van der Waals surface area contributed by atoms with Crippen LogP contribution < -0.4 is 0 Å². The summed E-state index contributed by atoms with van der Waals surface area (Å²) >= 11 is 0. The van der Waals surface area contributed by atoms with Gasteiger partial charge in [0.1, 0.15) is 0 Å². The van der Waals surface area contributed by atoms with Crippen molar-refractivity contribution in [2.75, 3.05) is 13.2 Å². The molecule has 0 spiro atoms. The van der Waals surface area contributed by atoms with Crippen LogP contribution in [0, 0.1) is 0 Å². The summed E-state index contributed by atoms with van der Waals surface area (Å²) in [5.41, 5.74) is 0. The molecule has 0 rings (SSSR count). The lowest BCUT2D eigenvalue weighted by Gasteiger charge is -1.96. The van der Waals surface area contributed by atoms with Gasteiger partial charge >= 0.3 is 0 Å². The van der Waals surface area contributed by atoms with Crippen molar-refractivity contribution in [1.29, 1.82) is 0 Å². The number of rotatable bonds is 6. The minimum Gasteiger partial charge on any atom is -0.377 e. The minimum absolute atomic E-state index is 0.664. The Bertz CT molecular complexity index is 66.6. The normalized spacial score (nSPS) is 8.89. The molecule has 1 nitrogen and oxygen atoms in total. The fraction of sp³-hybridized carbons (Fsp3) is 0.500. The second-order valence-corrected chi connectivity index (χ2v) is 1.79. The predicted molar refractivity (Wildman–Crippen MR) is 40.4 cm³/mol. The summed E-state index contributed by atoms with van der Waals surface area (Å²) in [6.45, 7) is 8.62. The third-order valence-electron chi connectivity index (χ3n) is 0.933. The van der Waals surface area contributed by atoms with Gasteiger partial charge < -0.3 is 4.74 Å². The van der Waals surface area contributed by atoms with Gasteiger partial charge in [-0.25, -0.2) is 0 Å². The molecule has 0 unspecified atom stereocenters. The molecule has 0 aliphatic carbocycles. The summed E-state index contributed by atoms with van der Waals surface area (Å²) in [6, 6.07) is 0. The second kappa shape index (κ2) is 7.44. The van der Waals surface area contributed by atoms with Crippen LogP contribution in [0.1, 0.15) is 12.8 Å². The lowest BCUT2D eigenvalue weighted by molar-refractivity contribution is 0.160. The van der Waals surface area contributed by atoms with Crippen molar-refractivity contribution in [2.24, 2.45) is 0 Å². The smallest absolute Gasteiger partial charge is 0.0644 e. The van der Waals surface area contributed by atoms with Gasteiger partial charge in [-0.3, -0.25) is 0 Å². The Balaban J connectivity index is 2.74. The largest absolute Gasteiger partial charge is 0.377 e. The van der Waals surface area contributed by atoms with Gasteiger partial charge in [-0.1, -0.05) is 12.2 Å². The Kier molecular flexibility index (Phi) is 6.98. The van der Waals surface area contributed by atoms with Gasteiger partial charge in [0.05, 0.1) is 6.61 Å². The highest BCUT2D eigenvalue weighted by Crippen LogP contribution is 1.89. The first kappa shape index (κ1) is 8.44. The SMILES string of the molecule is C=CCCCOCC=C. The maximum absolute atomic E-state index is 5.12. The van der Waals surface area contributed by atoms with E-state index in [1.54, 1.807) is 6.08 Å². The number of ether oxygens (including phenoxy) is 1. The molecule has 0 atom stereocenters. The second-order valence-electron chi connectivity index (χ2n) is 1.79. The molecule has 0 radical (unpaired) electrons. The van der Waals surface area contributed by atoms with E-state index in [2.05, 4.69) is 13.2 Å². The third kappa shape index (κ3) is 7.44. The van der Waals surface area contributed by atoms with E-state index in [-0.39, 0.29) is 0 Å². The van der Waals surface area contributed by atoms with Crippen LogP contribution >= 0.6 is 0 Å². The monoisotopic (exact) mass is 126 g/mol. The van der Waals surface area contributed by atoms with Crippen LogP contribution in [-0.4, -0.2) is 13.2 Å². The molecule has 0 aromatic rings. The van der Waals surface area contributed by atoms with Gasteiger partial charge in [0.15, 0.2) is 0 Å². The highest BCUT2D eigenvalue weighted by atomic mass is 16.5. The van der Waals surface area contributed by atoms with E-state index < -0.39 is 0 Å². The summed E-state index contributed by atoms with van der Waals surface area (Å²) in [4.78, 5) is 0. The fourth-order valence-electron chi connectivity index (χ4n) is 0.496. The Morgan fingerprint density at radius 1 is 1.22 bits per heavy atom. The van der Waals surface area contributed by atoms with Crippen LogP contribution in [0.15, 0.2) is 25.3 Å². The molecule has 1 heteroatoms. The average molecular weight is 126 g/mol. The molecule has 0 saturated heterocycles. The molecule has 0 bridgehead atoms. The quantitative estimate of drug-likeness (QED) is 0.391. The summed E-state index contributed by atoms with van der Waals surface area (Å²) in [7, 11) is 0. The Morgan fingerprint density at radius 3 is 2.56 bits per heavy atom. The van der Waals surface area contributed by atoms with Crippen LogP contribution in [-0.2, 0) is 4.74 Å². The average Bonchev–Trinajstić information content (AvgIpc) is 1.89. The van der Waals surface area contributed by atoms with Crippen LogP contribution in [0.5, 0.6) is 0 Å². The fourth-order valence-corrected chi connectivity index (χ4v) is 0.496. The van der Waals surface area contributed by atoms with Crippen molar-refractivity contribution < 1.29 is 4.74 Å². The van der Waals surface area contributed by atoms with E-state index in [1.807, 2.05) is 6.08 Å². The molecular formula is C8H14O. The first-order valence-corrected chi connectivity index (χ1v) is 3.21. The van der Waals surface area contributed by atoms with E-state index in [0.29, 0.717) is 6.61 Å². The minimum atomic E-state index is 0.664. The van der Waals surface area contributed by atoms with Gasteiger partial charge in [0, 0.05) is 6.61 Å². The Hall–Kier alpha value is -0.560. The first-order chi connectivity index (χ1) is 4.41. The summed E-state index contributed by atoms with van der Waals surface area (Å²) in [5, 5.41) is 0. The highest BCUT2D eigenvalue weighted by molar-refractivity contribution is 4.66. The van der Waals surface area contributed by atoms with Crippen molar-refractivity contribution in [3.05, 3.63) is 25.3 Å². The zero-order valence-corrected chi connectivity index (χ0v) is 5.81. The van der Waals surface area contributed by atoms with Gasteiger partial charge in [0.25, 0.3) is 0 Å². The highest BCUT2D eigenvalue weighted by Gasteiger charge is 1.81. The van der Waals surface area contributed by atoms with Gasteiger partial charge in [-0.05, 0) is 12.8 Å². The van der Waals surface area contributed by atoms with Crippen molar-refractivity contribution >= 4 is 0 Å². The lowest BCUT2D eigenvalue weighted by atomic mass is 10.3. The van der Waals surface area contributed by atoms with Crippen molar-refractivity contribution in [2.45, 2.75) is 12.8 Å². The van der Waals surface area contributed by atoms with E-state index in [0.717, 1.165) is 19.4 Å². The van der Waals surface area contributed by atoms with E-state index >= 15 is 0 Å². The Labute approximate surface area is 57.0 Å². The van der Waals surface area contributed by atoms with Gasteiger partial charge in [0.2, 0.25) is 0 Å².